The Morgan fingerprint density at radius 1 is 1.16 bits per heavy atom. The number of rotatable bonds is 2. The van der Waals surface area contributed by atoms with Crippen LogP contribution in [0.4, 0.5) is 13.2 Å². The Morgan fingerprint density at radius 3 is 2.44 bits per heavy atom. The SMILES string of the molecule is CC1=C(C#N)[C@@H](c2cc3c(C)n[nH]c3cc2F)C(C#N)=C(C(F)F)N1. The number of allylic oxidation sites excluding steroid dienone is 4. The molecular weight excluding hydrogens is 331 g/mol. The molecule has 0 aliphatic carbocycles. The summed E-state index contributed by atoms with van der Waals surface area (Å²) >= 11 is 0. The maximum atomic E-state index is 14.7. The van der Waals surface area contributed by atoms with E-state index in [-0.39, 0.29) is 22.4 Å². The van der Waals surface area contributed by atoms with E-state index in [1.54, 1.807) is 13.0 Å². The lowest BCUT2D eigenvalue weighted by atomic mass is 9.80. The molecule has 0 radical (unpaired) electrons. The molecule has 1 aliphatic rings. The summed E-state index contributed by atoms with van der Waals surface area (Å²) in [7, 11) is 0. The first-order valence-electron chi connectivity index (χ1n) is 7.33. The van der Waals surface area contributed by atoms with Gasteiger partial charge in [0.2, 0.25) is 0 Å². The molecule has 0 spiro atoms. The normalized spacial score (nSPS) is 17.7. The monoisotopic (exact) mass is 343 g/mol. The molecule has 1 aliphatic heterocycles. The first-order chi connectivity index (χ1) is 11.9. The number of nitrogens with one attached hydrogen (secondary N) is 2. The van der Waals surface area contributed by atoms with Gasteiger partial charge in [-0.3, -0.25) is 5.10 Å². The van der Waals surface area contributed by atoms with E-state index in [1.165, 1.54) is 19.1 Å². The maximum absolute atomic E-state index is 14.7. The van der Waals surface area contributed by atoms with E-state index in [2.05, 4.69) is 15.5 Å². The summed E-state index contributed by atoms with van der Waals surface area (Å²) in [6, 6.07) is 6.26. The Bertz CT molecular complexity index is 1020. The second-order valence-electron chi connectivity index (χ2n) is 5.68. The minimum atomic E-state index is -2.95. The van der Waals surface area contributed by atoms with Crippen molar-refractivity contribution in [1.82, 2.24) is 15.5 Å². The van der Waals surface area contributed by atoms with Gasteiger partial charge in [0.25, 0.3) is 6.43 Å². The maximum Gasteiger partial charge on any atom is 0.279 e. The van der Waals surface area contributed by atoms with E-state index in [4.69, 9.17) is 0 Å². The molecule has 25 heavy (non-hydrogen) atoms. The van der Waals surface area contributed by atoms with Crippen molar-refractivity contribution in [2.24, 2.45) is 0 Å². The average molecular weight is 343 g/mol. The number of aromatic nitrogens is 2. The molecule has 1 atom stereocenters. The van der Waals surface area contributed by atoms with E-state index in [9.17, 15) is 23.7 Å². The summed E-state index contributed by atoms with van der Waals surface area (Å²) in [5, 5.41) is 28.5. The Hall–Kier alpha value is -3.26. The molecule has 1 aromatic heterocycles. The van der Waals surface area contributed by atoms with Gasteiger partial charge in [-0.05, 0) is 26.0 Å². The van der Waals surface area contributed by atoms with Crippen LogP contribution in [0.25, 0.3) is 10.9 Å². The predicted octanol–water partition coefficient (Wildman–Crippen LogP) is 3.54. The molecule has 2 heterocycles. The van der Waals surface area contributed by atoms with E-state index in [0.717, 1.165) is 0 Å². The highest BCUT2D eigenvalue weighted by molar-refractivity contribution is 5.82. The van der Waals surface area contributed by atoms with Gasteiger partial charge >= 0.3 is 0 Å². The van der Waals surface area contributed by atoms with Crippen molar-refractivity contribution in [2.45, 2.75) is 26.2 Å². The number of halogens is 3. The highest BCUT2D eigenvalue weighted by Gasteiger charge is 2.35. The van der Waals surface area contributed by atoms with Crippen LogP contribution in [0.3, 0.4) is 0 Å². The number of nitriles is 2. The molecule has 5 nitrogen and oxygen atoms in total. The fourth-order valence-corrected chi connectivity index (χ4v) is 3.02. The third-order valence-electron chi connectivity index (χ3n) is 4.23. The molecule has 0 unspecified atom stereocenters. The van der Waals surface area contributed by atoms with Crippen molar-refractivity contribution in [2.75, 3.05) is 0 Å². The summed E-state index contributed by atoms with van der Waals surface area (Å²) in [6.07, 6.45) is -2.95. The highest BCUT2D eigenvalue weighted by atomic mass is 19.3. The van der Waals surface area contributed by atoms with Crippen LogP contribution >= 0.6 is 0 Å². The largest absolute Gasteiger partial charge is 0.356 e. The molecule has 2 N–H and O–H groups in total. The van der Waals surface area contributed by atoms with Gasteiger partial charge in [0.1, 0.15) is 5.82 Å². The minimum absolute atomic E-state index is 0.0101. The van der Waals surface area contributed by atoms with Gasteiger partial charge in [0.05, 0.1) is 46.1 Å². The van der Waals surface area contributed by atoms with Gasteiger partial charge < -0.3 is 5.32 Å². The van der Waals surface area contributed by atoms with Crippen LogP contribution < -0.4 is 5.32 Å². The fraction of sp³-hybridized carbons (Fsp3) is 0.235. The average Bonchev–Trinajstić information content (AvgIpc) is 2.93. The summed E-state index contributed by atoms with van der Waals surface area (Å²) in [5.41, 5.74) is 0.267. The summed E-state index contributed by atoms with van der Waals surface area (Å²) in [6.45, 7) is 3.16. The summed E-state index contributed by atoms with van der Waals surface area (Å²) in [4.78, 5) is 0. The van der Waals surface area contributed by atoms with Crippen molar-refractivity contribution in [3.8, 4) is 12.1 Å². The van der Waals surface area contributed by atoms with Crippen LogP contribution in [0.15, 0.2) is 34.7 Å². The van der Waals surface area contributed by atoms with Crippen LogP contribution in [0.1, 0.15) is 24.1 Å². The lowest BCUT2D eigenvalue weighted by molar-refractivity contribution is 0.180. The van der Waals surface area contributed by atoms with Crippen molar-refractivity contribution < 1.29 is 13.2 Å². The molecule has 0 saturated carbocycles. The van der Waals surface area contributed by atoms with Gasteiger partial charge in [0, 0.05) is 16.6 Å². The number of hydrogen-bond acceptors (Lipinski definition) is 4. The number of hydrogen-bond donors (Lipinski definition) is 2. The van der Waals surface area contributed by atoms with Gasteiger partial charge in [-0.15, -0.1) is 0 Å². The zero-order valence-electron chi connectivity index (χ0n) is 13.3. The number of fused-ring (bicyclic) bond motifs is 1. The van der Waals surface area contributed by atoms with E-state index in [0.29, 0.717) is 16.6 Å². The molecular formula is C17H12F3N5. The van der Waals surface area contributed by atoms with Crippen LogP contribution in [0.2, 0.25) is 0 Å². The number of aryl methyl sites for hydroxylation is 1. The number of nitrogens with zero attached hydrogens (tertiary/aromatic N) is 3. The molecule has 0 fully saturated rings. The molecule has 2 aromatic rings. The van der Waals surface area contributed by atoms with Gasteiger partial charge in [-0.2, -0.15) is 15.6 Å². The number of benzene rings is 1. The quantitative estimate of drug-likeness (QED) is 0.873. The number of alkyl halides is 2. The molecule has 8 heteroatoms. The molecule has 1 aromatic carbocycles. The standard InChI is InChI=1S/C17H12F3N5/c1-7-11(5-21)15(12(6-22)16(23-7)17(19)20)10-3-9-8(2)24-25-14(9)4-13(10)18/h3-4,15,17,23H,1-2H3,(H,24,25)/t15-/m1/s1. The Labute approximate surface area is 141 Å². The highest BCUT2D eigenvalue weighted by Crippen LogP contribution is 2.40. The van der Waals surface area contributed by atoms with Crippen molar-refractivity contribution in [3.63, 3.8) is 0 Å². The summed E-state index contributed by atoms with van der Waals surface area (Å²) in [5.74, 6) is -1.90. The first-order valence-corrected chi connectivity index (χ1v) is 7.33. The zero-order chi connectivity index (χ0) is 18.3. The minimum Gasteiger partial charge on any atom is -0.356 e. The lowest BCUT2D eigenvalue weighted by Gasteiger charge is -2.27. The Kier molecular flexibility index (Phi) is 3.97. The van der Waals surface area contributed by atoms with E-state index in [1.807, 2.05) is 6.07 Å². The number of H-pyrrole nitrogens is 1. The van der Waals surface area contributed by atoms with Crippen molar-refractivity contribution >= 4 is 10.9 Å². The summed E-state index contributed by atoms with van der Waals surface area (Å²) < 4.78 is 41.3. The van der Waals surface area contributed by atoms with Crippen LogP contribution in [0, 0.1) is 35.4 Å². The topological polar surface area (TPSA) is 88.3 Å². The van der Waals surface area contributed by atoms with E-state index < -0.39 is 23.9 Å². The molecule has 0 saturated heterocycles. The van der Waals surface area contributed by atoms with Crippen LogP contribution in [-0.2, 0) is 0 Å². The zero-order valence-corrected chi connectivity index (χ0v) is 13.3. The van der Waals surface area contributed by atoms with Crippen molar-refractivity contribution in [1.29, 1.82) is 10.5 Å². The Balaban J connectivity index is 2.33. The van der Waals surface area contributed by atoms with Crippen molar-refractivity contribution in [3.05, 3.63) is 51.7 Å². The molecule has 0 bridgehead atoms. The number of dihydropyridines is 1. The molecule has 3 rings (SSSR count). The van der Waals surface area contributed by atoms with Gasteiger partial charge in [-0.25, -0.2) is 13.2 Å². The number of aromatic amines is 1. The fourth-order valence-electron chi connectivity index (χ4n) is 3.02. The molecule has 126 valence electrons. The first kappa shape index (κ1) is 16.6. The van der Waals surface area contributed by atoms with Crippen LogP contribution in [-0.4, -0.2) is 16.6 Å². The smallest absolute Gasteiger partial charge is 0.279 e. The Morgan fingerprint density at radius 2 is 1.84 bits per heavy atom. The lowest BCUT2D eigenvalue weighted by Crippen LogP contribution is -2.28. The third kappa shape index (κ3) is 2.52. The second-order valence-corrected chi connectivity index (χ2v) is 5.68. The van der Waals surface area contributed by atoms with E-state index >= 15 is 0 Å². The van der Waals surface area contributed by atoms with Gasteiger partial charge in [0.15, 0.2) is 0 Å². The molecule has 0 amide bonds. The van der Waals surface area contributed by atoms with Crippen LogP contribution in [0.5, 0.6) is 0 Å². The second kappa shape index (κ2) is 5.99. The van der Waals surface area contributed by atoms with Gasteiger partial charge in [-0.1, -0.05) is 0 Å². The predicted molar refractivity (Wildman–Crippen MR) is 83.6 cm³/mol. The third-order valence-corrected chi connectivity index (χ3v) is 4.23.